The topological polar surface area (TPSA) is 234 Å². The number of carbonyl (C=O) groups is 5. The quantitative estimate of drug-likeness (QED) is 0.177. The van der Waals surface area contributed by atoms with Crippen LogP contribution >= 0.6 is 0 Å². The molecule has 0 aliphatic rings. The first-order valence-electron chi connectivity index (χ1n) is 7.30. The van der Waals surface area contributed by atoms with Crippen molar-refractivity contribution in [2.75, 3.05) is 6.61 Å². The number of primary amides is 2. The molecule has 0 unspecified atom stereocenters. The van der Waals surface area contributed by atoms with Crippen molar-refractivity contribution in [2.45, 2.75) is 43.8 Å². The number of amides is 2. The van der Waals surface area contributed by atoms with Crippen molar-refractivity contribution in [1.29, 1.82) is 0 Å². The molecule has 0 saturated carbocycles. The third-order valence-corrected chi connectivity index (χ3v) is 2.92. The maximum atomic E-state index is 11.6. The van der Waals surface area contributed by atoms with Crippen molar-refractivity contribution >= 4 is 29.7 Å². The fourth-order valence-corrected chi connectivity index (χ4v) is 1.43. The zero-order valence-corrected chi connectivity index (χ0v) is 13.5. The molecule has 12 nitrogen and oxygen atoms in total. The first-order chi connectivity index (χ1) is 11.5. The molecule has 0 spiro atoms. The van der Waals surface area contributed by atoms with Gasteiger partial charge in [-0.05, 0) is 12.8 Å². The molecule has 12 heteroatoms. The van der Waals surface area contributed by atoms with Gasteiger partial charge in [-0.2, -0.15) is 0 Å². The fraction of sp³-hybridized carbons (Fsp3) is 0.615. The van der Waals surface area contributed by atoms with Crippen molar-refractivity contribution in [3.05, 3.63) is 0 Å². The molecule has 0 aromatic rings. The number of esters is 3. The Kier molecular flexibility index (Phi) is 9.93. The van der Waals surface area contributed by atoms with E-state index in [9.17, 15) is 24.0 Å². The average Bonchev–Trinajstić information content (AvgIpc) is 2.54. The van der Waals surface area contributed by atoms with Gasteiger partial charge in [0.2, 0.25) is 11.8 Å². The SMILES string of the molecule is NC(=O)CC[C@H](N)C(=O)OC[C@H](N)C(=O)OC(=O)[C@@H](N)CCC(N)=O. The molecule has 0 rings (SSSR count). The monoisotopic (exact) mass is 361 g/mol. The second-order valence-corrected chi connectivity index (χ2v) is 5.20. The Hall–Kier alpha value is -2.57. The molecule has 0 heterocycles. The Labute approximate surface area is 143 Å². The summed E-state index contributed by atoms with van der Waals surface area (Å²) in [6.45, 7) is -0.592. The molecule has 25 heavy (non-hydrogen) atoms. The van der Waals surface area contributed by atoms with Crippen LogP contribution in [0, 0.1) is 0 Å². The molecule has 0 fully saturated rings. The summed E-state index contributed by atoms with van der Waals surface area (Å²) in [5.41, 5.74) is 26.1. The van der Waals surface area contributed by atoms with Crippen LogP contribution in [0.4, 0.5) is 0 Å². The van der Waals surface area contributed by atoms with Gasteiger partial charge >= 0.3 is 17.9 Å². The normalized spacial score (nSPS) is 14.0. The van der Waals surface area contributed by atoms with E-state index >= 15 is 0 Å². The highest BCUT2D eigenvalue weighted by Crippen LogP contribution is 2.00. The van der Waals surface area contributed by atoms with Crippen LogP contribution in [-0.2, 0) is 33.4 Å². The maximum absolute atomic E-state index is 11.6. The van der Waals surface area contributed by atoms with Gasteiger partial charge in [-0.3, -0.25) is 14.4 Å². The summed E-state index contributed by atoms with van der Waals surface area (Å²) < 4.78 is 9.11. The van der Waals surface area contributed by atoms with E-state index in [-0.39, 0.29) is 25.7 Å². The summed E-state index contributed by atoms with van der Waals surface area (Å²) >= 11 is 0. The van der Waals surface area contributed by atoms with E-state index in [0.717, 1.165) is 0 Å². The molecule has 3 atom stereocenters. The lowest BCUT2D eigenvalue weighted by Gasteiger charge is -2.15. The Bertz CT molecular complexity index is 525. The molecule has 0 aliphatic carbocycles. The van der Waals surface area contributed by atoms with Gasteiger partial charge in [-0.25, -0.2) is 9.59 Å². The molecular weight excluding hydrogens is 338 g/mol. The average molecular weight is 361 g/mol. The van der Waals surface area contributed by atoms with E-state index in [0.29, 0.717) is 0 Å². The predicted octanol–water partition coefficient (Wildman–Crippen LogP) is -3.89. The standard InChI is InChI=1S/C13H23N5O7/c14-6(1-3-9(17)19)11(21)24-5-8(16)13(23)25-12(22)7(15)2-4-10(18)20/h6-8H,1-5,14-16H2,(H2,17,19)(H2,18,20)/t6-,7-,8-/m0/s1. The largest absolute Gasteiger partial charge is 0.462 e. The van der Waals surface area contributed by atoms with Gasteiger partial charge in [0.05, 0.1) is 0 Å². The van der Waals surface area contributed by atoms with E-state index in [1.807, 2.05) is 0 Å². The van der Waals surface area contributed by atoms with E-state index < -0.39 is 54.5 Å². The Morgan fingerprint density at radius 3 is 1.52 bits per heavy atom. The van der Waals surface area contributed by atoms with Gasteiger partial charge in [0.15, 0.2) is 0 Å². The highest BCUT2D eigenvalue weighted by atomic mass is 16.6. The smallest absolute Gasteiger partial charge is 0.334 e. The molecule has 0 radical (unpaired) electrons. The van der Waals surface area contributed by atoms with Gasteiger partial charge in [0, 0.05) is 12.8 Å². The zero-order valence-electron chi connectivity index (χ0n) is 13.5. The van der Waals surface area contributed by atoms with Gasteiger partial charge in [0.25, 0.3) is 0 Å². The number of hydrogen-bond acceptors (Lipinski definition) is 10. The highest BCUT2D eigenvalue weighted by Gasteiger charge is 2.25. The molecule has 2 amide bonds. The summed E-state index contributed by atoms with van der Waals surface area (Å²) in [6, 6.07) is -3.78. The summed E-state index contributed by atoms with van der Waals surface area (Å²) in [4.78, 5) is 55.8. The van der Waals surface area contributed by atoms with Crippen LogP contribution in [0.1, 0.15) is 25.7 Å². The van der Waals surface area contributed by atoms with Crippen LogP contribution in [0.25, 0.3) is 0 Å². The minimum atomic E-state index is -1.44. The molecule has 0 aliphatic heterocycles. The molecule has 10 N–H and O–H groups in total. The van der Waals surface area contributed by atoms with E-state index in [2.05, 4.69) is 4.74 Å². The lowest BCUT2D eigenvalue weighted by molar-refractivity contribution is -0.163. The fourth-order valence-electron chi connectivity index (χ4n) is 1.43. The summed E-state index contributed by atoms with van der Waals surface area (Å²) in [6.07, 6.45) is -0.388. The number of rotatable bonds is 11. The van der Waals surface area contributed by atoms with Crippen LogP contribution in [0.2, 0.25) is 0 Å². The Morgan fingerprint density at radius 1 is 0.680 bits per heavy atom. The van der Waals surface area contributed by atoms with Gasteiger partial charge < -0.3 is 38.1 Å². The third-order valence-electron chi connectivity index (χ3n) is 2.92. The third kappa shape index (κ3) is 10.0. The number of nitrogens with two attached hydrogens (primary N) is 5. The number of carbonyl (C=O) groups excluding carboxylic acids is 5. The minimum Gasteiger partial charge on any atom is -0.462 e. The van der Waals surface area contributed by atoms with Crippen molar-refractivity contribution in [2.24, 2.45) is 28.7 Å². The Balaban J connectivity index is 4.24. The minimum absolute atomic E-state index is 0.0267. The Morgan fingerprint density at radius 2 is 1.08 bits per heavy atom. The van der Waals surface area contributed by atoms with Crippen LogP contribution in [0.5, 0.6) is 0 Å². The lowest BCUT2D eigenvalue weighted by atomic mass is 10.1. The summed E-state index contributed by atoms with van der Waals surface area (Å²) in [5.74, 6) is -4.45. The molecule has 142 valence electrons. The van der Waals surface area contributed by atoms with E-state index in [1.165, 1.54) is 0 Å². The molecule has 0 bridgehead atoms. The van der Waals surface area contributed by atoms with Crippen molar-refractivity contribution < 1.29 is 33.4 Å². The number of hydrogen-bond donors (Lipinski definition) is 5. The zero-order chi connectivity index (χ0) is 19.6. The highest BCUT2D eigenvalue weighted by molar-refractivity contribution is 5.91. The molecular formula is C13H23N5O7. The van der Waals surface area contributed by atoms with Crippen LogP contribution in [-0.4, -0.2) is 54.5 Å². The van der Waals surface area contributed by atoms with Gasteiger partial charge in [-0.1, -0.05) is 0 Å². The first kappa shape index (κ1) is 22.4. The number of ether oxygens (including phenoxy) is 2. The van der Waals surface area contributed by atoms with Gasteiger partial charge in [-0.15, -0.1) is 0 Å². The molecule has 0 saturated heterocycles. The van der Waals surface area contributed by atoms with Crippen molar-refractivity contribution in [3.8, 4) is 0 Å². The summed E-state index contributed by atoms with van der Waals surface area (Å²) in [5, 5.41) is 0. The van der Waals surface area contributed by atoms with Crippen LogP contribution < -0.4 is 28.7 Å². The van der Waals surface area contributed by atoms with Crippen molar-refractivity contribution in [3.63, 3.8) is 0 Å². The van der Waals surface area contributed by atoms with E-state index in [1.54, 1.807) is 0 Å². The predicted molar refractivity (Wildman–Crippen MR) is 82.8 cm³/mol. The second kappa shape index (κ2) is 11.1. The van der Waals surface area contributed by atoms with E-state index in [4.69, 9.17) is 33.4 Å². The maximum Gasteiger partial charge on any atom is 0.334 e. The second-order valence-electron chi connectivity index (χ2n) is 5.20. The van der Waals surface area contributed by atoms with Crippen LogP contribution in [0.3, 0.4) is 0 Å². The van der Waals surface area contributed by atoms with Crippen molar-refractivity contribution in [1.82, 2.24) is 0 Å². The molecule has 0 aromatic carbocycles. The lowest BCUT2D eigenvalue weighted by Crippen LogP contribution is -2.43. The summed E-state index contributed by atoms with van der Waals surface area (Å²) in [7, 11) is 0. The van der Waals surface area contributed by atoms with Gasteiger partial charge in [0.1, 0.15) is 24.7 Å². The molecule has 0 aromatic heterocycles. The first-order valence-corrected chi connectivity index (χ1v) is 7.30. The van der Waals surface area contributed by atoms with Crippen LogP contribution in [0.15, 0.2) is 0 Å².